The van der Waals surface area contributed by atoms with E-state index in [1.807, 2.05) is 20.8 Å². The zero-order chi connectivity index (χ0) is 15.7. The van der Waals surface area contributed by atoms with Crippen LogP contribution in [-0.2, 0) is 27.9 Å². The van der Waals surface area contributed by atoms with Crippen LogP contribution in [0.5, 0.6) is 0 Å². The first kappa shape index (κ1) is 20.4. The fraction of sp³-hybridized carbons (Fsp3) is 0.818. The molecule has 0 aromatic heterocycles. The van der Waals surface area contributed by atoms with Crippen molar-refractivity contribution < 1.29 is 27.9 Å². The van der Waals surface area contributed by atoms with E-state index in [4.69, 9.17) is 0 Å². The third kappa shape index (κ3) is 19.6. The lowest BCUT2D eigenvalue weighted by atomic mass is 10.1. The first-order chi connectivity index (χ1) is 8.39. The summed E-state index contributed by atoms with van der Waals surface area (Å²) < 4.78 is 24.3. The van der Waals surface area contributed by atoms with Gasteiger partial charge in [-0.2, -0.15) is 0 Å². The van der Waals surface area contributed by atoms with Crippen molar-refractivity contribution in [2.24, 2.45) is 0 Å². The van der Waals surface area contributed by atoms with Crippen LogP contribution in [0.25, 0.3) is 0 Å². The van der Waals surface area contributed by atoms with Gasteiger partial charge in [0.25, 0.3) is 0 Å². The molecule has 0 spiro atoms. The predicted octanol–water partition coefficient (Wildman–Crippen LogP) is 1.91. The Morgan fingerprint density at radius 2 is 1.68 bits per heavy atom. The van der Waals surface area contributed by atoms with Crippen molar-refractivity contribution in [3.8, 4) is 0 Å². The molecule has 0 aliphatic heterocycles. The maximum absolute atomic E-state index is 10.9. The van der Waals surface area contributed by atoms with E-state index in [-0.39, 0.29) is 18.2 Å². The summed E-state index contributed by atoms with van der Waals surface area (Å²) in [5.74, 6) is -0.460. The lowest BCUT2D eigenvalue weighted by Gasteiger charge is -2.18. The Bertz CT molecular complexity index is 337. The fourth-order valence-corrected chi connectivity index (χ4v) is 1.14. The second kappa shape index (κ2) is 9.07. The highest BCUT2D eigenvalue weighted by Gasteiger charge is 2.14. The van der Waals surface area contributed by atoms with Crippen LogP contribution in [0, 0.1) is 0 Å². The highest BCUT2D eigenvalue weighted by Crippen LogP contribution is 2.42. The number of hydrogen-bond acceptors (Lipinski definition) is 6. The summed E-state index contributed by atoms with van der Waals surface area (Å²) in [4.78, 5) is 20.5. The normalized spacial score (nSPS) is 13.6. The molecule has 0 saturated heterocycles. The van der Waals surface area contributed by atoms with Crippen molar-refractivity contribution in [1.82, 2.24) is 5.32 Å². The van der Waals surface area contributed by atoms with Gasteiger partial charge in [-0.3, -0.25) is 18.7 Å². The molecule has 1 amide bonds. The van der Waals surface area contributed by atoms with Crippen LogP contribution >= 0.6 is 7.60 Å². The number of rotatable bonds is 4. The number of amides is 1. The molecule has 8 heteroatoms. The molecule has 0 aromatic carbocycles. The Kier molecular flexibility index (Phi) is 9.74. The summed E-state index contributed by atoms with van der Waals surface area (Å²) >= 11 is 0. The summed E-state index contributed by atoms with van der Waals surface area (Å²) in [7, 11) is -1.75. The van der Waals surface area contributed by atoms with E-state index in [1.54, 1.807) is 0 Å². The van der Waals surface area contributed by atoms with Gasteiger partial charge in [0.15, 0.2) is 0 Å². The molecular weight excluding hydrogens is 273 g/mol. The molecule has 114 valence electrons. The highest BCUT2D eigenvalue weighted by molar-refractivity contribution is 7.52. The van der Waals surface area contributed by atoms with Crippen LogP contribution in [0.4, 0.5) is 0 Å². The molecule has 0 radical (unpaired) electrons. The average Bonchev–Trinajstić information content (AvgIpc) is 2.13. The molecule has 0 rings (SSSR count). The first-order valence-corrected chi connectivity index (χ1v) is 7.58. The monoisotopic (exact) mass is 297 g/mol. The van der Waals surface area contributed by atoms with Crippen molar-refractivity contribution in [3.05, 3.63) is 0 Å². The summed E-state index contributed by atoms with van der Waals surface area (Å²) in [6, 6.07) is 0. The highest BCUT2D eigenvalue weighted by atomic mass is 31.2. The molecule has 7 nitrogen and oxygen atoms in total. The molecule has 0 saturated carbocycles. The Labute approximate surface area is 114 Å². The fourth-order valence-electron chi connectivity index (χ4n) is 0.786. The second-order valence-electron chi connectivity index (χ2n) is 4.77. The number of esters is 1. The van der Waals surface area contributed by atoms with Crippen molar-refractivity contribution in [1.29, 1.82) is 0 Å². The minimum Gasteiger partial charge on any atom is -0.438 e. The van der Waals surface area contributed by atoms with Gasteiger partial charge < -0.3 is 14.6 Å². The molecule has 0 aromatic rings. The third-order valence-electron chi connectivity index (χ3n) is 1.43. The molecule has 1 unspecified atom stereocenters. The van der Waals surface area contributed by atoms with Gasteiger partial charge in [-0.1, -0.05) is 0 Å². The second-order valence-corrected chi connectivity index (χ2v) is 6.93. The smallest absolute Gasteiger partial charge is 0.330 e. The molecule has 1 N–H and O–H groups in total. The Hall–Kier alpha value is -0.910. The van der Waals surface area contributed by atoms with E-state index in [1.165, 1.54) is 27.6 Å². The summed E-state index contributed by atoms with van der Waals surface area (Å²) in [5.41, 5.74) is -0.0775. The predicted molar refractivity (Wildman–Crippen MR) is 71.8 cm³/mol. The molecule has 1 atom stereocenters. The summed E-state index contributed by atoms with van der Waals surface area (Å²) in [6.07, 6.45) is 0. The van der Waals surface area contributed by atoms with E-state index < -0.39 is 13.6 Å². The molecule has 0 aliphatic rings. The minimum absolute atomic E-state index is 0.0255. The van der Waals surface area contributed by atoms with Crippen LogP contribution in [0.1, 0.15) is 34.6 Å². The van der Waals surface area contributed by atoms with Crippen LogP contribution in [0.3, 0.4) is 0 Å². The number of ether oxygens (including phenoxy) is 1. The van der Waals surface area contributed by atoms with Gasteiger partial charge in [0.1, 0.15) is 0 Å². The standard InChI is InChI=1S/C6H13NO.C5H11O5P/c1-5(8)7-6(2,3)4;1-5(6)9-4-10-11(3,7)8-2/h1-4H3,(H,7,8);4H2,1-3H3. The lowest BCUT2D eigenvalue weighted by molar-refractivity contribution is -0.147. The van der Waals surface area contributed by atoms with Crippen LogP contribution in [0.2, 0.25) is 0 Å². The first-order valence-electron chi connectivity index (χ1n) is 5.59. The summed E-state index contributed by atoms with van der Waals surface area (Å²) in [6.45, 7) is 9.56. The zero-order valence-corrected chi connectivity index (χ0v) is 13.5. The van der Waals surface area contributed by atoms with E-state index in [9.17, 15) is 14.2 Å². The number of carbonyl (C=O) groups is 2. The van der Waals surface area contributed by atoms with Gasteiger partial charge in [0, 0.05) is 33.2 Å². The van der Waals surface area contributed by atoms with Gasteiger partial charge in [-0.25, -0.2) is 0 Å². The summed E-state index contributed by atoms with van der Waals surface area (Å²) in [5, 5.41) is 2.74. The van der Waals surface area contributed by atoms with E-state index in [0.29, 0.717) is 0 Å². The van der Waals surface area contributed by atoms with Crippen LogP contribution in [0.15, 0.2) is 0 Å². The maximum Gasteiger partial charge on any atom is 0.330 e. The van der Waals surface area contributed by atoms with Crippen molar-refractivity contribution in [3.63, 3.8) is 0 Å². The number of nitrogens with one attached hydrogen (secondary N) is 1. The average molecular weight is 297 g/mol. The Morgan fingerprint density at radius 1 is 1.21 bits per heavy atom. The molecular formula is C11H24NO6P. The van der Waals surface area contributed by atoms with E-state index >= 15 is 0 Å². The van der Waals surface area contributed by atoms with Crippen LogP contribution < -0.4 is 5.32 Å². The van der Waals surface area contributed by atoms with E-state index in [0.717, 1.165) is 0 Å². The topological polar surface area (TPSA) is 90.9 Å². The number of hydrogen-bond donors (Lipinski definition) is 1. The van der Waals surface area contributed by atoms with Crippen molar-refractivity contribution >= 4 is 19.5 Å². The minimum atomic E-state index is -3.01. The van der Waals surface area contributed by atoms with Gasteiger partial charge in [-0.15, -0.1) is 0 Å². The van der Waals surface area contributed by atoms with Gasteiger partial charge in [0.05, 0.1) is 0 Å². The molecule has 0 heterocycles. The van der Waals surface area contributed by atoms with Crippen LogP contribution in [-0.4, -0.2) is 38.0 Å². The van der Waals surface area contributed by atoms with Gasteiger partial charge >= 0.3 is 13.6 Å². The quantitative estimate of drug-likeness (QED) is 0.484. The molecule has 0 bridgehead atoms. The molecule has 19 heavy (non-hydrogen) atoms. The van der Waals surface area contributed by atoms with Crippen molar-refractivity contribution in [2.75, 3.05) is 20.6 Å². The zero-order valence-electron chi connectivity index (χ0n) is 12.6. The Morgan fingerprint density at radius 3 is 1.89 bits per heavy atom. The largest absolute Gasteiger partial charge is 0.438 e. The van der Waals surface area contributed by atoms with Gasteiger partial charge in [-0.05, 0) is 20.8 Å². The van der Waals surface area contributed by atoms with Gasteiger partial charge in [0.2, 0.25) is 12.7 Å². The Balaban J connectivity index is 0. The maximum atomic E-state index is 10.9. The third-order valence-corrected chi connectivity index (χ3v) is 2.67. The SMILES string of the molecule is CC(=O)NC(C)(C)C.COP(C)(=O)OCOC(C)=O. The molecule has 0 fully saturated rings. The lowest BCUT2D eigenvalue weighted by Crippen LogP contribution is -2.38. The van der Waals surface area contributed by atoms with E-state index in [2.05, 4.69) is 19.1 Å². The molecule has 0 aliphatic carbocycles. The number of carbonyl (C=O) groups excluding carboxylic acids is 2. The van der Waals surface area contributed by atoms with Crippen molar-refractivity contribution in [2.45, 2.75) is 40.2 Å².